The quantitative estimate of drug-likeness (QED) is 0.0505. The molecule has 7 rings (SSSR count). The van der Waals surface area contributed by atoms with Crippen molar-refractivity contribution in [3.8, 4) is 11.5 Å². The predicted octanol–water partition coefficient (Wildman–Crippen LogP) is 10.1. The molecule has 0 radical (unpaired) electrons. The van der Waals surface area contributed by atoms with Gasteiger partial charge in [0.25, 0.3) is 5.91 Å². The van der Waals surface area contributed by atoms with Crippen molar-refractivity contribution in [2.45, 2.75) is 115 Å². The molecule has 1 atom stereocenters. The van der Waals surface area contributed by atoms with Gasteiger partial charge in [0, 0.05) is 92.4 Å². The number of para-hydroxylation sites is 2. The minimum absolute atomic E-state index is 0.0846. The number of benzene rings is 3. The van der Waals surface area contributed by atoms with Crippen LogP contribution in [0.4, 0.5) is 11.4 Å². The van der Waals surface area contributed by atoms with E-state index >= 15 is 0 Å². The van der Waals surface area contributed by atoms with Crippen LogP contribution >= 0.6 is 11.6 Å². The Hall–Kier alpha value is -6.14. The van der Waals surface area contributed by atoms with Crippen LogP contribution in [-0.2, 0) is 36.4 Å². The Labute approximate surface area is 406 Å². The number of ether oxygens (including phenoxy) is 1. The number of carbonyl (C=O) groups is 3. The topological polar surface area (TPSA) is 144 Å². The number of nitrogens with zero attached hydrogens (tertiary/aromatic N) is 4. The van der Waals surface area contributed by atoms with E-state index in [4.69, 9.17) is 21.2 Å². The maximum atomic E-state index is 13.9. The van der Waals surface area contributed by atoms with Gasteiger partial charge < -0.3 is 34.9 Å². The van der Waals surface area contributed by atoms with E-state index in [1.807, 2.05) is 18.2 Å². The van der Waals surface area contributed by atoms with E-state index in [1.54, 1.807) is 11.0 Å². The second-order valence-corrected chi connectivity index (χ2v) is 19.5. The summed E-state index contributed by atoms with van der Waals surface area (Å²) in [6, 6.07) is 18.2. The van der Waals surface area contributed by atoms with Crippen molar-refractivity contribution in [1.29, 1.82) is 0 Å². The molecule has 1 fully saturated rings. The Morgan fingerprint density at radius 1 is 0.956 bits per heavy atom. The van der Waals surface area contributed by atoms with Gasteiger partial charge in [0.15, 0.2) is 12.3 Å². The summed E-state index contributed by atoms with van der Waals surface area (Å²) in [4.78, 5) is 49.5. The summed E-state index contributed by atoms with van der Waals surface area (Å²) < 4.78 is 8.28. The zero-order valence-electron chi connectivity index (χ0n) is 40.2. The molecule has 1 saturated heterocycles. The molecule has 360 valence electrons. The minimum atomic E-state index is -0.833. The van der Waals surface area contributed by atoms with Gasteiger partial charge in [-0.25, -0.2) is 4.79 Å². The van der Waals surface area contributed by atoms with Gasteiger partial charge in [-0.1, -0.05) is 91.3 Å². The third-order valence-electron chi connectivity index (χ3n) is 13.7. The highest BCUT2D eigenvalue weighted by Crippen LogP contribution is 2.48. The molecule has 0 saturated carbocycles. The minimum Gasteiger partial charge on any atom is -0.507 e. The number of phenolic OH excluding ortho intramolecular Hbond substituents is 2. The van der Waals surface area contributed by atoms with Crippen LogP contribution in [0.5, 0.6) is 11.5 Å². The molecule has 2 amide bonds. The number of hydrogen-bond acceptors (Lipinski definition) is 9. The van der Waals surface area contributed by atoms with Gasteiger partial charge in [-0.3, -0.25) is 9.59 Å². The third-order valence-corrected chi connectivity index (χ3v) is 14.1. The lowest BCUT2D eigenvalue weighted by Gasteiger charge is -2.27. The lowest BCUT2D eigenvalue weighted by molar-refractivity contribution is -0.401. The van der Waals surface area contributed by atoms with Crippen LogP contribution in [0.25, 0.3) is 0 Å². The molecule has 0 bridgehead atoms. The largest absolute Gasteiger partial charge is 0.507 e. The number of cyclic esters (lactones) is 1. The van der Waals surface area contributed by atoms with Crippen LogP contribution in [0.1, 0.15) is 119 Å². The van der Waals surface area contributed by atoms with Crippen molar-refractivity contribution >= 4 is 52.2 Å². The van der Waals surface area contributed by atoms with Gasteiger partial charge in [0.05, 0.1) is 16.1 Å². The van der Waals surface area contributed by atoms with E-state index in [0.29, 0.717) is 57.3 Å². The van der Waals surface area contributed by atoms with E-state index in [9.17, 15) is 24.6 Å². The number of allylic oxidation sites excluding steroid dienone is 7. The fourth-order valence-electron chi connectivity index (χ4n) is 9.93. The summed E-state index contributed by atoms with van der Waals surface area (Å²) in [6.07, 6.45) is 20.4. The standard InChI is InChI=1S/C55H66ClN5O7/c1-54(2)41-23-12-14-25-43(41)59(5)47(54)27-20-28-48-55(3,4)42-24-13-15-26-44(42)61(48)34-19-16-29-49(64)57-31-30-39-22-11-8-6-7-10-21-38(58-67-37-50(65)60-32-17-9-18-33-60)35-40-51(53(66)68-39)45(62)36-46(63)52(40)56/h8,10-15,20-21,23-28,36,39H,6-7,9,16-19,22,29-35,37H2,1-5H3,(H2-,57,62,63,64,66)/p+1. The Kier molecular flexibility index (Phi) is 16.3. The number of esters is 1. The molecule has 4 aliphatic heterocycles. The van der Waals surface area contributed by atoms with Crippen molar-refractivity contribution in [3.05, 3.63) is 130 Å². The summed E-state index contributed by atoms with van der Waals surface area (Å²) in [5.41, 5.74) is 7.39. The monoisotopic (exact) mass is 944 g/mol. The van der Waals surface area contributed by atoms with Crippen LogP contribution in [0.15, 0.2) is 108 Å². The zero-order valence-corrected chi connectivity index (χ0v) is 41.0. The van der Waals surface area contributed by atoms with E-state index in [0.717, 1.165) is 38.3 Å². The van der Waals surface area contributed by atoms with Crippen molar-refractivity contribution in [3.63, 3.8) is 0 Å². The molecule has 0 aliphatic carbocycles. The number of nitrogens with one attached hydrogen (secondary N) is 1. The normalized spacial score (nSPS) is 20.3. The maximum absolute atomic E-state index is 13.9. The fraction of sp³-hybridized carbons (Fsp3) is 0.436. The van der Waals surface area contributed by atoms with Crippen LogP contribution in [0.3, 0.4) is 0 Å². The number of rotatable bonds is 13. The molecule has 68 heavy (non-hydrogen) atoms. The summed E-state index contributed by atoms with van der Waals surface area (Å²) >= 11 is 6.59. The number of piperidine rings is 1. The number of phenols is 2. The second-order valence-electron chi connectivity index (χ2n) is 19.2. The number of amides is 2. The van der Waals surface area contributed by atoms with Crippen LogP contribution < -0.4 is 10.2 Å². The first-order valence-corrected chi connectivity index (χ1v) is 24.5. The second kappa shape index (κ2) is 22.3. The van der Waals surface area contributed by atoms with Gasteiger partial charge >= 0.3 is 5.97 Å². The summed E-state index contributed by atoms with van der Waals surface area (Å²) in [7, 11) is 2.13. The van der Waals surface area contributed by atoms with Crippen molar-refractivity contribution in [2.75, 3.05) is 44.7 Å². The van der Waals surface area contributed by atoms with Gasteiger partial charge in [-0.05, 0) is 88.1 Å². The van der Waals surface area contributed by atoms with Crippen molar-refractivity contribution in [2.24, 2.45) is 5.16 Å². The Bertz CT molecular complexity index is 2550. The van der Waals surface area contributed by atoms with Crippen LogP contribution in [-0.4, -0.2) is 94.8 Å². The molecular formula is C55H67ClN5O7+. The molecule has 0 aromatic heterocycles. The number of oxime groups is 1. The number of fused-ring (bicyclic) bond motifs is 3. The first-order valence-electron chi connectivity index (χ1n) is 24.1. The molecule has 4 heterocycles. The Morgan fingerprint density at radius 2 is 1.69 bits per heavy atom. The number of halogens is 1. The average Bonchev–Trinajstić information content (AvgIpc) is 3.65. The molecule has 3 aromatic rings. The molecule has 13 heteroatoms. The Balaban J connectivity index is 0.956. The summed E-state index contributed by atoms with van der Waals surface area (Å²) in [5, 5.41) is 28.7. The van der Waals surface area contributed by atoms with Crippen LogP contribution in [0, 0.1) is 0 Å². The molecule has 4 aliphatic rings. The van der Waals surface area contributed by atoms with E-state index in [2.05, 4.69) is 121 Å². The number of hydrogen-bond donors (Lipinski definition) is 3. The summed E-state index contributed by atoms with van der Waals surface area (Å²) in [5.74, 6) is -1.99. The van der Waals surface area contributed by atoms with E-state index in [1.165, 1.54) is 33.9 Å². The number of carbonyl (C=O) groups excluding carboxylic acids is 3. The van der Waals surface area contributed by atoms with Gasteiger partial charge in [-0.2, -0.15) is 4.58 Å². The molecule has 0 spiro atoms. The zero-order chi connectivity index (χ0) is 48.4. The highest BCUT2D eigenvalue weighted by atomic mass is 35.5. The number of likely N-dealkylation sites (tertiary alicyclic amines) is 1. The molecule has 3 N–H and O–H groups in total. The number of anilines is 1. The molecule has 12 nitrogen and oxygen atoms in total. The first-order chi connectivity index (χ1) is 32.7. The number of unbranched alkanes of at least 4 members (excludes halogenated alkanes) is 1. The van der Waals surface area contributed by atoms with E-state index < -0.39 is 23.6 Å². The lowest BCUT2D eigenvalue weighted by Crippen LogP contribution is -2.37. The first kappa shape index (κ1) is 49.8. The van der Waals surface area contributed by atoms with Crippen molar-refractivity contribution < 1.29 is 38.7 Å². The highest BCUT2D eigenvalue weighted by Gasteiger charge is 2.43. The van der Waals surface area contributed by atoms with Crippen LogP contribution in [0.2, 0.25) is 5.02 Å². The third kappa shape index (κ3) is 11.4. The SMILES string of the molecule is C[N+]1=C(C=CC=C2N(CCCCC(=O)NCCC3CC=CCCC=CC(=NOCC(=O)N4CCCCC4)Cc4c(Cl)c(O)cc(O)c4C(=O)O3)c3ccccc3C2(C)C)C(C)(C)c2ccccc21. The van der Waals surface area contributed by atoms with Gasteiger partial charge in [0.1, 0.15) is 30.2 Å². The molecular weight excluding hydrogens is 878 g/mol. The van der Waals surface area contributed by atoms with Crippen molar-refractivity contribution in [1.82, 2.24) is 10.2 Å². The maximum Gasteiger partial charge on any atom is 0.342 e. The fourth-order valence-corrected chi connectivity index (χ4v) is 10.1. The number of aromatic hydroxyl groups is 2. The lowest BCUT2D eigenvalue weighted by atomic mass is 9.81. The van der Waals surface area contributed by atoms with E-state index in [-0.39, 0.29) is 58.4 Å². The average molecular weight is 946 g/mol. The predicted molar refractivity (Wildman–Crippen MR) is 269 cm³/mol. The molecule has 1 unspecified atom stereocenters. The summed E-state index contributed by atoms with van der Waals surface area (Å²) in [6.45, 7) is 11.3. The highest BCUT2D eigenvalue weighted by molar-refractivity contribution is 6.33. The Morgan fingerprint density at radius 3 is 2.47 bits per heavy atom. The van der Waals surface area contributed by atoms with Gasteiger partial charge in [0.2, 0.25) is 11.6 Å². The smallest absolute Gasteiger partial charge is 0.342 e. The molecule has 3 aromatic carbocycles. The van der Waals surface area contributed by atoms with Gasteiger partial charge in [-0.15, -0.1) is 0 Å².